The molecule has 0 fully saturated rings. The van der Waals surface area contributed by atoms with Crippen LogP contribution in [0.5, 0.6) is 0 Å². The summed E-state index contributed by atoms with van der Waals surface area (Å²) in [4.78, 5) is 3.30. The maximum atomic E-state index is 6.80. The van der Waals surface area contributed by atoms with Crippen LogP contribution in [0.1, 0.15) is 11.8 Å². The molecule has 1 rings (SSSR count). The molecule has 1 aromatic rings. The van der Waals surface area contributed by atoms with Gasteiger partial charge in [0.15, 0.2) is 0 Å². The normalized spacial score (nSPS) is 12.0. The van der Waals surface area contributed by atoms with Crippen LogP contribution in [0.25, 0.3) is 4.85 Å². The smallest absolute Gasteiger partial charge is 0.310 e. The van der Waals surface area contributed by atoms with E-state index < -0.39 is 6.23 Å². The summed E-state index contributed by atoms with van der Waals surface area (Å²) in [7, 11) is 1.54. The van der Waals surface area contributed by atoms with Crippen LogP contribution in [0, 0.1) is 6.57 Å². The van der Waals surface area contributed by atoms with E-state index >= 15 is 0 Å². The summed E-state index contributed by atoms with van der Waals surface area (Å²) in [5, 5.41) is 0. The minimum atomic E-state index is -0.448. The molecule has 0 spiro atoms. The van der Waals surface area contributed by atoms with Crippen LogP contribution in [0.4, 0.5) is 0 Å². The van der Waals surface area contributed by atoms with Gasteiger partial charge in [-0.05, 0) is 12.1 Å². The summed E-state index contributed by atoms with van der Waals surface area (Å²) in [5.41, 5.74) is 0.907. The second-order valence-corrected chi connectivity index (χ2v) is 2.13. The first-order chi connectivity index (χ1) is 5.38. The molecule has 0 amide bonds. The van der Waals surface area contributed by atoms with Crippen molar-refractivity contribution in [3.8, 4) is 0 Å². The zero-order valence-electron chi connectivity index (χ0n) is 6.32. The number of nitrogens with zero attached hydrogens (tertiary/aromatic N) is 1. The van der Waals surface area contributed by atoms with Gasteiger partial charge in [-0.1, -0.05) is 18.2 Å². The van der Waals surface area contributed by atoms with Gasteiger partial charge in [0, 0.05) is 7.11 Å². The van der Waals surface area contributed by atoms with Gasteiger partial charge in [-0.2, -0.15) is 0 Å². The summed E-state index contributed by atoms with van der Waals surface area (Å²) in [6, 6.07) is 9.47. The fourth-order valence-electron chi connectivity index (χ4n) is 0.881. The average molecular weight is 147 g/mol. The van der Waals surface area contributed by atoms with Gasteiger partial charge in [0.1, 0.15) is 0 Å². The summed E-state index contributed by atoms with van der Waals surface area (Å²) >= 11 is 0. The molecule has 1 unspecified atom stereocenters. The Morgan fingerprint density at radius 3 is 2.45 bits per heavy atom. The number of methoxy groups -OCH3 is 1. The molecule has 1 atom stereocenters. The van der Waals surface area contributed by atoms with Crippen molar-refractivity contribution in [2.75, 3.05) is 7.11 Å². The maximum Gasteiger partial charge on any atom is 0.354 e. The van der Waals surface area contributed by atoms with Gasteiger partial charge < -0.3 is 4.74 Å². The molecule has 0 N–H and O–H groups in total. The van der Waals surface area contributed by atoms with Crippen molar-refractivity contribution >= 4 is 0 Å². The molecule has 0 saturated carbocycles. The van der Waals surface area contributed by atoms with Gasteiger partial charge in [-0.15, -0.1) is 0 Å². The second-order valence-electron chi connectivity index (χ2n) is 2.13. The van der Waals surface area contributed by atoms with E-state index in [-0.39, 0.29) is 0 Å². The number of hydrogen-bond acceptors (Lipinski definition) is 1. The van der Waals surface area contributed by atoms with E-state index in [0.29, 0.717) is 0 Å². The van der Waals surface area contributed by atoms with Crippen molar-refractivity contribution in [2.24, 2.45) is 0 Å². The molecule has 0 aliphatic rings. The Labute approximate surface area is 66.2 Å². The molecule has 2 nitrogen and oxygen atoms in total. The van der Waals surface area contributed by atoms with E-state index in [9.17, 15) is 0 Å². The standard InChI is InChI=1S/C9H9NO/c1-10-9(11-2)8-6-4-3-5-7-8/h3-7,9H,2H3. The first kappa shape index (κ1) is 7.77. The molecule has 0 saturated heterocycles. The lowest BCUT2D eigenvalue weighted by Crippen LogP contribution is -1.94. The zero-order valence-corrected chi connectivity index (χ0v) is 6.32. The zero-order chi connectivity index (χ0) is 8.10. The molecule has 0 bridgehead atoms. The van der Waals surface area contributed by atoms with Gasteiger partial charge >= 0.3 is 6.23 Å². The third-order valence-electron chi connectivity index (χ3n) is 1.43. The quantitative estimate of drug-likeness (QED) is 0.585. The lowest BCUT2D eigenvalue weighted by Gasteiger charge is -2.00. The molecular formula is C9H9NO. The molecular weight excluding hydrogens is 138 g/mol. The van der Waals surface area contributed by atoms with Crippen molar-refractivity contribution in [1.82, 2.24) is 0 Å². The molecule has 2 heteroatoms. The molecule has 0 aliphatic heterocycles. The Bertz CT molecular complexity index is 250. The number of rotatable bonds is 2. The summed E-state index contributed by atoms with van der Waals surface area (Å²) in [6.45, 7) is 6.80. The predicted octanol–water partition coefficient (Wildman–Crippen LogP) is 2.25. The predicted molar refractivity (Wildman–Crippen MR) is 42.8 cm³/mol. The third-order valence-corrected chi connectivity index (χ3v) is 1.43. The van der Waals surface area contributed by atoms with Gasteiger partial charge in [0.05, 0.1) is 5.56 Å². The van der Waals surface area contributed by atoms with Crippen molar-refractivity contribution in [3.05, 3.63) is 47.3 Å². The van der Waals surface area contributed by atoms with Gasteiger partial charge in [-0.3, -0.25) is 4.85 Å². The second kappa shape index (κ2) is 3.75. The van der Waals surface area contributed by atoms with E-state index in [1.165, 1.54) is 7.11 Å². The maximum absolute atomic E-state index is 6.80. The van der Waals surface area contributed by atoms with Crippen LogP contribution < -0.4 is 0 Å². The molecule has 0 heterocycles. The first-order valence-corrected chi connectivity index (χ1v) is 3.33. The first-order valence-electron chi connectivity index (χ1n) is 3.33. The van der Waals surface area contributed by atoms with E-state index in [4.69, 9.17) is 11.3 Å². The molecule has 0 radical (unpaired) electrons. The minimum Gasteiger partial charge on any atom is -0.310 e. The van der Waals surface area contributed by atoms with Gasteiger partial charge in [0.25, 0.3) is 0 Å². The lowest BCUT2D eigenvalue weighted by atomic mass is 10.2. The Morgan fingerprint density at radius 1 is 1.36 bits per heavy atom. The summed E-state index contributed by atoms with van der Waals surface area (Å²) in [6.07, 6.45) is -0.448. The molecule has 0 aliphatic carbocycles. The topological polar surface area (TPSA) is 13.6 Å². The summed E-state index contributed by atoms with van der Waals surface area (Å²) in [5.74, 6) is 0. The van der Waals surface area contributed by atoms with E-state index in [1.807, 2.05) is 30.3 Å². The summed E-state index contributed by atoms with van der Waals surface area (Å²) < 4.78 is 4.93. The number of hydrogen-bond donors (Lipinski definition) is 0. The Morgan fingerprint density at radius 2 is 2.00 bits per heavy atom. The Balaban J connectivity index is 2.85. The van der Waals surface area contributed by atoms with E-state index in [2.05, 4.69) is 4.85 Å². The Hall–Kier alpha value is -1.33. The largest absolute Gasteiger partial charge is 0.354 e. The highest BCUT2D eigenvalue weighted by molar-refractivity contribution is 5.18. The Kier molecular flexibility index (Phi) is 2.65. The van der Waals surface area contributed by atoms with Crippen molar-refractivity contribution < 1.29 is 4.74 Å². The van der Waals surface area contributed by atoms with Crippen LogP contribution in [-0.2, 0) is 4.74 Å². The van der Waals surface area contributed by atoms with Crippen LogP contribution in [0.2, 0.25) is 0 Å². The monoisotopic (exact) mass is 147 g/mol. The average Bonchev–Trinajstić information content (AvgIpc) is 2.09. The molecule has 1 aromatic carbocycles. The fourth-order valence-corrected chi connectivity index (χ4v) is 0.881. The van der Waals surface area contributed by atoms with Gasteiger partial charge in [0.2, 0.25) is 0 Å². The van der Waals surface area contributed by atoms with Crippen LogP contribution >= 0.6 is 0 Å². The van der Waals surface area contributed by atoms with Crippen LogP contribution in [-0.4, -0.2) is 7.11 Å². The van der Waals surface area contributed by atoms with Crippen LogP contribution in [0.3, 0.4) is 0 Å². The highest BCUT2D eigenvalue weighted by Gasteiger charge is 2.11. The van der Waals surface area contributed by atoms with Crippen LogP contribution in [0.15, 0.2) is 30.3 Å². The molecule has 11 heavy (non-hydrogen) atoms. The number of ether oxygens (including phenoxy) is 1. The highest BCUT2D eigenvalue weighted by atomic mass is 16.5. The van der Waals surface area contributed by atoms with Crippen molar-refractivity contribution in [3.63, 3.8) is 0 Å². The van der Waals surface area contributed by atoms with Gasteiger partial charge in [-0.25, -0.2) is 6.57 Å². The molecule has 0 aromatic heterocycles. The van der Waals surface area contributed by atoms with Crippen molar-refractivity contribution in [1.29, 1.82) is 0 Å². The van der Waals surface area contributed by atoms with Crippen molar-refractivity contribution in [2.45, 2.75) is 6.23 Å². The minimum absolute atomic E-state index is 0.448. The fraction of sp³-hybridized carbons (Fsp3) is 0.222. The SMILES string of the molecule is [C-]#[N+]C(OC)c1ccccc1. The number of benzene rings is 1. The lowest BCUT2D eigenvalue weighted by molar-refractivity contribution is 0.141. The molecule has 56 valence electrons. The van der Waals surface area contributed by atoms with E-state index in [1.54, 1.807) is 0 Å². The van der Waals surface area contributed by atoms with E-state index in [0.717, 1.165) is 5.56 Å². The highest BCUT2D eigenvalue weighted by Crippen LogP contribution is 2.16. The third kappa shape index (κ3) is 1.79.